The van der Waals surface area contributed by atoms with Crippen molar-refractivity contribution in [3.05, 3.63) is 65.2 Å². The van der Waals surface area contributed by atoms with E-state index in [1.807, 2.05) is 12.2 Å². The third-order valence-electron chi connectivity index (χ3n) is 4.39. The molecule has 0 aromatic heterocycles. The molecule has 0 aliphatic heterocycles. The summed E-state index contributed by atoms with van der Waals surface area (Å²) in [6.45, 7) is 2.15. The number of carbonyl (C=O) groups is 2. The van der Waals surface area contributed by atoms with Crippen LogP contribution in [0.5, 0.6) is 5.75 Å². The van der Waals surface area contributed by atoms with Crippen LogP contribution in [0.4, 0.5) is 13.2 Å². The first-order chi connectivity index (χ1) is 13.7. The van der Waals surface area contributed by atoms with Gasteiger partial charge in [0.25, 0.3) is 0 Å². The zero-order chi connectivity index (χ0) is 21.4. The number of amides is 2. The molecule has 5 nitrogen and oxygen atoms in total. The molecule has 2 aromatic rings. The van der Waals surface area contributed by atoms with E-state index in [0.717, 1.165) is 17.5 Å². The van der Waals surface area contributed by atoms with Gasteiger partial charge in [-0.1, -0.05) is 43.3 Å². The Balaban J connectivity index is 2.06. The Hall–Kier alpha value is -3.03. The van der Waals surface area contributed by atoms with Crippen molar-refractivity contribution in [3.8, 4) is 5.75 Å². The molecule has 0 radical (unpaired) electrons. The van der Waals surface area contributed by atoms with E-state index in [9.17, 15) is 22.8 Å². The number of hydrogen-bond donors (Lipinski definition) is 2. The minimum atomic E-state index is -5.03. The summed E-state index contributed by atoms with van der Waals surface area (Å²) in [6.07, 6.45) is -4.58. The lowest BCUT2D eigenvalue weighted by Crippen LogP contribution is -2.40. The number of benzene rings is 2. The van der Waals surface area contributed by atoms with Gasteiger partial charge < -0.3 is 15.4 Å². The van der Waals surface area contributed by atoms with Crippen LogP contribution < -0.4 is 15.4 Å². The summed E-state index contributed by atoms with van der Waals surface area (Å²) < 4.78 is 43.1. The van der Waals surface area contributed by atoms with Crippen LogP contribution in [-0.2, 0) is 22.6 Å². The lowest BCUT2D eigenvalue weighted by Gasteiger charge is -2.20. The zero-order valence-corrected chi connectivity index (χ0v) is 16.2. The van der Waals surface area contributed by atoms with Crippen LogP contribution in [0.2, 0.25) is 0 Å². The maximum Gasteiger partial charge on any atom is 0.471 e. The molecule has 8 heteroatoms. The summed E-state index contributed by atoms with van der Waals surface area (Å²) in [4.78, 5) is 23.7. The van der Waals surface area contributed by atoms with Crippen LogP contribution in [0, 0.1) is 0 Å². The molecule has 0 aliphatic rings. The topological polar surface area (TPSA) is 67.4 Å². The van der Waals surface area contributed by atoms with Crippen LogP contribution in [-0.4, -0.2) is 25.1 Å². The lowest BCUT2D eigenvalue weighted by atomic mass is 10.0. The highest BCUT2D eigenvalue weighted by Gasteiger charge is 2.40. The molecule has 0 fully saturated rings. The molecule has 156 valence electrons. The van der Waals surface area contributed by atoms with E-state index in [4.69, 9.17) is 4.74 Å². The Labute approximate surface area is 167 Å². The highest BCUT2D eigenvalue weighted by Crippen LogP contribution is 2.22. The van der Waals surface area contributed by atoms with Crippen molar-refractivity contribution in [2.45, 2.75) is 38.5 Å². The number of hydrogen-bond acceptors (Lipinski definition) is 3. The van der Waals surface area contributed by atoms with Crippen LogP contribution in [0.3, 0.4) is 0 Å². The van der Waals surface area contributed by atoms with E-state index < -0.39 is 24.0 Å². The maximum absolute atomic E-state index is 12.7. The van der Waals surface area contributed by atoms with Crippen LogP contribution >= 0.6 is 0 Å². The van der Waals surface area contributed by atoms with E-state index in [1.165, 1.54) is 0 Å². The number of aryl methyl sites for hydroxylation is 1. The summed E-state index contributed by atoms with van der Waals surface area (Å²) in [5.41, 5.74) is 2.24. The first kappa shape index (κ1) is 22.3. The van der Waals surface area contributed by atoms with Crippen molar-refractivity contribution in [2.75, 3.05) is 7.11 Å². The van der Waals surface area contributed by atoms with Gasteiger partial charge in [-0.15, -0.1) is 0 Å². The summed E-state index contributed by atoms with van der Waals surface area (Å²) in [6, 6.07) is 12.7. The van der Waals surface area contributed by atoms with Crippen LogP contribution in [0.1, 0.15) is 36.1 Å². The predicted molar refractivity (Wildman–Crippen MR) is 102 cm³/mol. The summed E-state index contributed by atoms with van der Waals surface area (Å²) in [7, 11) is 1.54. The number of alkyl halides is 3. The molecule has 1 atom stereocenters. The largest absolute Gasteiger partial charge is 0.497 e. The average Bonchev–Trinajstić information content (AvgIpc) is 2.71. The van der Waals surface area contributed by atoms with Gasteiger partial charge in [-0.2, -0.15) is 13.2 Å². The van der Waals surface area contributed by atoms with Crippen molar-refractivity contribution >= 4 is 11.8 Å². The first-order valence-electron chi connectivity index (χ1n) is 9.09. The quantitative estimate of drug-likeness (QED) is 0.700. The Morgan fingerprint density at radius 1 is 1.00 bits per heavy atom. The maximum atomic E-state index is 12.7. The molecule has 29 heavy (non-hydrogen) atoms. The lowest BCUT2D eigenvalue weighted by molar-refractivity contribution is -0.174. The Morgan fingerprint density at radius 2 is 1.59 bits per heavy atom. The van der Waals surface area contributed by atoms with Gasteiger partial charge in [-0.05, 0) is 35.2 Å². The Bertz CT molecular complexity index is 819. The fourth-order valence-electron chi connectivity index (χ4n) is 2.68. The normalized spacial score (nSPS) is 12.2. The summed E-state index contributed by atoms with van der Waals surface area (Å²) in [5.74, 6) is -1.89. The van der Waals surface area contributed by atoms with Gasteiger partial charge in [0.15, 0.2) is 0 Å². The van der Waals surface area contributed by atoms with Gasteiger partial charge in [0.1, 0.15) is 5.75 Å². The van der Waals surface area contributed by atoms with Gasteiger partial charge in [-0.3, -0.25) is 9.59 Å². The highest BCUT2D eigenvalue weighted by atomic mass is 19.4. The number of carbonyl (C=O) groups excluding carboxylic acids is 2. The molecule has 2 aromatic carbocycles. The van der Waals surface area contributed by atoms with Crippen LogP contribution in [0.25, 0.3) is 0 Å². The van der Waals surface area contributed by atoms with E-state index >= 15 is 0 Å². The van der Waals surface area contributed by atoms with Crippen molar-refractivity contribution in [3.63, 3.8) is 0 Å². The molecular formula is C21H23F3N2O3. The van der Waals surface area contributed by atoms with Gasteiger partial charge in [0.05, 0.1) is 19.6 Å². The van der Waals surface area contributed by atoms with Gasteiger partial charge >= 0.3 is 12.1 Å². The van der Waals surface area contributed by atoms with Crippen molar-refractivity contribution in [1.82, 2.24) is 10.6 Å². The van der Waals surface area contributed by atoms with Gasteiger partial charge in [0.2, 0.25) is 5.91 Å². The van der Waals surface area contributed by atoms with Gasteiger partial charge in [-0.25, -0.2) is 0 Å². The summed E-state index contributed by atoms with van der Waals surface area (Å²) >= 11 is 0. The second kappa shape index (κ2) is 9.95. The van der Waals surface area contributed by atoms with E-state index in [0.29, 0.717) is 11.3 Å². The van der Waals surface area contributed by atoms with Gasteiger partial charge in [0, 0.05) is 6.54 Å². The number of methoxy groups -OCH3 is 1. The molecule has 0 spiro atoms. The predicted octanol–water partition coefficient (Wildman–Crippen LogP) is 3.68. The minimum absolute atomic E-state index is 0.206. The zero-order valence-electron chi connectivity index (χ0n) is 16.2. The number of nitrogens with one attached hydrogen (secondary N) is 2. The standard InChI is InChI=1S/C21H23F3N2O3/c1-3-14-4-8-16(9-5-14)18(26-20(28)21(22,23)24)12-19(27)25-13-15-6-10-17(29-2)11-7-15/h4-11,18H,3,12-13H2,1-2H3,(H,25,27)(H,26,28). The minimum Gasteiger partial charge on any atom is -0.497 e. The highest BCUT2D eigenvalue weighted by molar-refractivity contribution is 5.83. The number of rotatable bonds is 8. The van der Waals surface area contributed by atoms with E-state index in [2.05, 4.69) is 5.32 Å². The van der Waals surface area contributed by atoms with Crippen molar-refractivity contribution in [2.24, 2.45) is 0 Å². The molecule has 0 heterocycles. The molecule has 2 rings (SSSR count). The molecule has 0 bridgehead atoms. The number of ether oxygens (including phenoxy) is 1. The van der Waals surface area contributed by atoms with Crippen LogP contribution in [0.15, 0.2) is 48.5 Å². The molecule has 0 saturated carbocycles. The first-order valence-corrected chi connectivity index (χ1v) is 9.09. The smallest absolute Gasteiger partial charge is 0.471 e. The molecule has 1 unspecified atom stereocenters. The SMILES string of the molecule is CCc1ccc(C(CC(=O)NCc2ccc(OC)cc2)NC(=O)C(F)(F)F)cc1. The third kappa shape index (κ3) is 6.81. The fraction of sp³-hybridized carbons (Fsp3) is 0.333. The Kier molecular flexibility index (Phi) is 7.64. The van der Waals surface area contributed by atoms with Crippen molar-refractivity contribution in [1.29, 1.82) is 0 Å². The molecular weight excluding hydrogens is 385 g/mol. The molecule has 2 amide bonds. The average molecular weight is 408 g/mol. The second-order valence-corrected chi connectivity index (χ2v) is 6.45. The second-order valence-electron chi connectivity index (χ2n) is 6.45. The monoisotopic (exact) mass is 408 g/mol. The molecule has 0 saturated heterocycles. The summed E-state index contributed by atoms with van der Waals surface area (Å²) in [5, 5.41) is 4.57. The molecule has 2 N–H and O–H groups in total. The van der Waals surface area contributed by atoms with E-state index in [-0.39, 0.29) is 13.0 Å². The number of halogens is 3. The fourth-order valence-corrected chi connectivity index (χ4v) is 2.68. The third-order valence-corrected chi connectivity index (χ3v) is 4.39. The van der Waals surface area contributed by atoms with Crippen molar-refractivity contribution < 1.29 is 27.5 Å². The van der Waals surface area contributed by atoms with E-state index in [1.54, 1.807) is 55.6 Å². The molecule has 0 aliphatic carbocycles. The Morgan fingerprint density at radius 3 is 2.10 bits per heavy atom.